The molecule has 0 saturated carbocycles. The zero-order valence-corrected chi connectivity index (χ0v) is 11.8. The fraction of sp³-hybridized carbons (Fsp3) is 0.538. The number of ether oxygens (including phenoxy) is 1. The van der Waals surface area contributed by atoms with Crippen molar-refractivity contribution in [1.29, 1.82) is 0 Å². The summed E-state index contributed by atoms with van der Waals surface area (Å²) in [7, 11) is 3.98. The van der Waals surface area contributed by atoms with Crippen molar-refractivity contribution >= 4 is 11.4 Å². The molecule has 1 aromatic rings. The van der Waals surface area contributed by atoms with Gasteiger partial charge in [0.05, 0.1) is 11.0 Å². The lowest BCUT2D eigenvalue weighted by molar-refractivity contribution is -0.386. The van der Waals surface area contributed by atoms with E-state index in [1.165, 1.54) is 6.07 Å². The zero-order chi connectivity index (χ0) is 14.4. The third-order valence-corrected chi connectivity index (χ3v) is 2.41. The van der Waals surface area contributed by atoms with Crippen molar-refractivity contribution in [3.8, 4) is 5.75 Å². The summed E-state index contributed by atoms with van der Waals surface area (Å²) in [6.45, 7) is 5.34. The average Bonchev–Trinajstić information content (AvgIpc) is 2.27. The molecule has 0 unspecified atom stereocenters. The number of rotatable bonds is 7. The average molecular weight is 267 g/mol. The Morgan fingerprint density at radius 2 is 2.11 bits per heavy atom. The lowest BCUT2D eigenvalue weighted by atomic mass is 10.2. The summed E-state index contributed by atoms with van der Waals surface area (Å²) in [5.74, 6) is 0.301. The van der Waals surface area contributed by atoms with Crippen molar-refractivity contribution in [1.82, 2.24) is 4.90 Å². The number of nitro groups is 1. The van der Waals surface area contributed by atoms with Gasteiger partial charge in [-0.2, -0.15) is 0 Å². The Bertz CT molecular complexity index is 433. The van der Waals surface area contributed by atoms with E-state index >= 15 is 0 Å². The molecule has 0 atom stereocenters. The second-order valence-corrected chi connectivity index (χ2v) is 4.84. The topological polar surface area (TPSA) is 67.6 Å². The first-order valence-electron chi connectivity index (χ1n) is 6.24. The summed E-state index contributed by atoms with van der Waals surface area (Å²) in [6, 6.07) is 4.84. The molecule has 0 heterocycles. The summed E-state index contributed by atoms with van der Waals surface area (Å²) in [6.07, 6.45) is -0.101. The van der Waals surface area contributed by atoms with E-state index in [9.17, 15) is 10.1 Å². The number of nitro benzene ring substituents is 1. The SMILES string of the molecule is CC(C)Oc1cc(NCCN(C)C)ccc1[N+](=O)[O-]. The van der Waals surface area contributed by atoms with Crippen molar-refractivity contribution in [3.05, 3.63) is 28.3 Å². The maximum absolute atomic E-state index is 10.9. The Labute approximate surface area is 113 Å². The van der Waals surface area contributed by atoms with Crippen LogP contribution in [-0.4, -0.2) is 43.1 Å². The minimum absolute atomic E-state index is 0.00754. The number of anilines is 1. The van der Waals surface area contributed by atoms with Crippen LogP contribution < -0.4 is 10.1 Å². The van der Waals surface area contributed by atoms with Crippen LogP contribution in [0.1, 0.15) is 13.8 Å². The molecule has 106 valence electrons. The molecule has 0 spiro atoms. The van der Waals surface area contributed by atoms with Gasteiger partial charge in [0.2, 0.25) is 0 Å². The lowest BCUT2D eigenvalue weighted by Crippen LogP contribution is -2.20. The normalized spacial score (nSPS) is 10.8. The highest BCUT2D eigenvalue weighted by atomic mass is 16.6. The van der Waals surface area contributed by atoms with Crippen LogP contribution in [0.3, 0.4) is 0 Å². The summed E-state index contributed by atoms with van der Waals surface area (Å²) in [5, 5.41) is 14.1. The van der Waals surface area contributed by atoms with E-state index in [0.29, 0.717) is 5.75 Å². The molecule has 1 rings (SSSR count). The molecule has 0 aliphatic carbocycles. The Hall–Kier alpha value is -1.82. The molecule has 0 aromatic heterocycles. The van der Waals surface area contributed by atoms with Crippen LogP contribution in [0.2, 0.25) is 0 Å². The van der Waals surface area contributed by atoms with Crippen LogP contribution in [0.5, 0.6) is 5.75 Å². The van der Waals surface area contributed by atoms with Crippen LogP contribution in [0.15, 0.2) is 18.2 Å². The van der Waals surface area contributed by atoms with Gasteiger partial charge in [-0.3, -0.25) is 10.1 Å². The van der Waals surface area contributed by atoms with Gasteiger partial charge in [0.15, 0.2) is 5.75 Å². The molecule has 1 aromatic carbocycles. The Balaban J connectivity index is 2.82. The molecule has 1 N–H and O–H groups in total. The highest BCUT2D eigenvalue weighted by Gasteiger charge is 2.16. The number of benzene rings is 1. The van der Waals surface area contributed by atoms with E-state index < -0.39 is 4.92 Å². The molecule has 0 saturated heterocycles. The third-order valence-electron chi connectivity index (χ3n) is 2.41. The highest BCUT2D eigenvalue weighted by Crippen LogP contribution is 2.30. The van der Waals surface area contributed by atoms with Crippen LogP contribution in [-0.2, 0) is 0 Å². The van der Waals surface area contributed by atoms with Gasteiger partial charge in [-0.1, -0.05) is 0 Å². The quantitative estimate of drug-likeness (QED) is 0.606. The predicted molar refractivity (Wildman–Crippen MR) is 75.9 cm³/mol. The number of likely N-dealkylation sites (N-methyl/N-ethyl adjacent to an activating group) is 1. The van der Waals surface area contributed by atoms with Gasteiger partial charge in [0.25, 0.3) is 0 Å². The molecule has 0 bridgehead atoms. The summed E-state index contributed by atoms with van der Waals surface area (Å²) < 4.78 is 5.48. The molecule has 0 amide bonds. The van der Waals surface area contributed by atoms with Crippen molar-refractivity contribution in [2.75, 3.05) is 32.5 Å². The standard InChI is InChI=1S/C13H21N3O3/c1-10(2)19-13-9-11(14-7-8-15(3)4)5-6-12(13)16(17)18/h5-6,9-10,14H,7-8H2,1-4H3. The molecule has 0 radical (unpaired) electrons. The zero-order valence-electron chi connectivity index (χ0n) is 11.8. The predicted octanol–water partition coefficient (Wildman–Crippen LogP) is 2.36. The first-order valence-corrected chi connectivity index (χ1v) is 6.24. The molecule has 0 fully saturated rings. The summed E-state index contributed by atoms with van der Waals surface area (Å²) in [4.78, 5) is 12.5. The molecule has 0 aliphatic rings. The third kappa shape index (κ3) is 5.13. The molecular formula is C13H21N3O3. The van der Waals surface area contributed by atoms with Crippen LogP contribution in [0.25, 0.3) is 0 Å². The van der Waals surface area contributed by atoms with Gasteiger partial charge in [-0.05, 0) is 34.0 Å². The molecule has 0 aliphatic heterocycles. The van der Waals surface area contributed by atoms with Gasteiger partial charge in [-0.25, -0.2) is 0 Å². The minimum Gasteiger partial charge on any atom is -0.484 e. The maximum Gasteiger partial charge on any atom is 0.311 e. The van der Waals surface area contributed by atoms with Crippen LogP contribution in [0.4, 0.5) is 11.4 Å². The van der Waals surface area contributed by atoms with Crippen LogP contribution >= 0.6 is 0 Å². The monoisotopic (exact) mass is 267 g/mol. The van der Waals surface area contributed by atoms with Gasteiger partial charge in [-0.15, -0.1) is 0 Å². The molecule has 6 heteroatoms. The number of hydrogen-bond acceptors (Lipinski definition) is 5. The Morgan fingerprint density at radius 3 is 2.63 bits per heavy atom. The Morgan fingerprint density at radius 1 is 1.42 bits per heavy atom. The molecule has 6 nitrogen and oxygen atoms in total. The molecule has 19 heavy (non-hydrogen) atoms. The van der Waals surface area contributed by atoms with Gasteiger partial charge < -0.3 is 15.0 Å². The minimum atomic E-state index is -0.429. The Kier molecular flexibility index (Phi) is 5.57. The highest BCUT2D eigenvalue weighted by molar-refractivity contribution is 5.58. The lowest BCUT2D eigenvalue weighted by Gasteiger charge is -2.14. The largest absolute Gasteiger partial charge is 0.484 e. The number of nitrogens with one attached hydrogen (secondary N) is 1. The smallest absolute Gasteiger partial charge is 0.311 e. The second kappa shape index (κ2) is 6.94. The van der Waals surface area contributed by atoms with E-state index in [-0.39, 0.29) is 11.8 Å². The van der Waals surface area contributed by atoms with E-state index in [4.69, 9.17) is 4.74 Å². The van der Waals surface area contributed by atoms with Gasteiger partial charge >= 0.3 is 5.69 Å². The van der Waals surface area contributed by atoms with E-state index in [1.807, 2.05) is 27.9 Å². The fourth-order valence-electron chi connectivity index (χ4n) is 1.55. The van der Waals surface area contributed by atoms with Gasteiger partial charge in [0.1, 0.15) is 0 Å². The van der Waals surface area contributed by atoms with E-state index in [1.54, 1.807) is 12.1 Å². The second-order valence-electron chi connectivity index (χ2n) is 4.84. The van der Waals surface area contributed by atoms with Crippen LogP contribution in [0, 0.1) is 10.1 Å². The van der Waals surface area contributed by atoms with Gasteiger partial charge in [0, 0.05) is 30.9 Å². The van der Waals surface area contributed by atoms with E-state index in [0.717, 1.165) is 18.8 Å². The maximum atomic E-state index is 10.9. The summed E-state index contributed by atoms with van der Waals surface area (Å²) in [5.41, 5.74) is 0.815. The number of nitrogens with zero attached hydrogens (tertiary/aromatic N) is 2. The first kappa shape index (κ1) is 15.2. The first-order chi connectivity index (χ1) is 8.90. The van der Waals surface area contributed by atoms with Crippen molar-refractivity contribution in [2.24, 2.45) is 0 Å². The fourth-order valence-corrected chi connectivity index (χ4v) is 1.55. The molecular weight excluding hydrogens is 246 g/mol. The summed E-state index contributed by atoms with van der Waals surface area (Å²) >= 11 is 0. The van der Waals surface area contributed by atoms with Crippen molar-refractivity contribution < 1.29 is 9.66 Å². The number of hydrogen-bond donors (Lipinski definition) is 1. The van der Waals surface area contributed by atoms with Crippen molar-refractivity contribution in [3.63, 3.8) is 0 Å². The van der Waals surface area contributed by atoms with Crippen molar-refractivity contribution in [2.45, 2.75) is 20.0 Å². The van der Waals surface area contributed by atoms with E-state index in [2.05, 4.69) is 10.2 Å².